The van der Waals surface area contributed by atoms with Crippen LogP contribution in [0.1, 0.15) is 28.8 Å². The van der Waals surface area contributed by atoms with E-state index >= 15 is 0 Å². The average molecular weight is 233 g/mol. The van der Waals surface area contributed by atoms with E-state index in [1.54, 1.807) is 7.11 Å². The van der Waals surface area contributed by atoms with Crippen molar-refractivity contribution in [1.82, 2.24) is 5.32 Å². The van der Waals surface area contributed by atoms with Gasteiger partial charge < -0.3 is 10.1 Å². The van der Waals surface area contributed by atoms with Gasteiger partial charge in [-0.25, -0.2) is 0 Å². The molecule has 1 heterocycles. The molecule has 0 saturated carbocycles. The number of rotatable bonds is 4. The lowest BCUT2D eigenvalue weighted by molar-refractivity contribution is 0.112. The van der Waals surface area contributed by atoms with E-state index in [4.69, 9.17) is 4.74 Å². The molecular weight excluding hydrogens is 214 g/mol. The van der Waals surface area contributed by atoms with E-state index in [9.17, 15) is 4.79 Å². The fourth-order valence-corrected chi connectivity index (χ4v) is 2.40. The molecule has 1 fully saturated rings. The Labute approximate surface area is 102 Å². The molecule has 3 heteroatoms. The summed E-state index contributed by atoms with van der Waals surface area (Å²) < 4.78 is 5.13. The van der Waals surface area contributed by atoms with Gasteiger partial charge in [0.1, 0.15) is 12.0 Å². The predicted molar refractivity (Wildman–Crippen MR) is 67.7 cm³/mol. The largest absolute Gasteiger partial charge is 0.497 e. The second kappa shape index (κ2) is 5.82. The van der Waals surface area contributed by atoms with Crippen LogP contribution in [0.5, 0.6) is 5.75 Å². The number of carbonyl (C=O) groups excluding carboxylic acids is 1. The number of hydrogen-bond acceptors (Lipinski definition) is 3. The van der Waals surface area contributed by atoms with Crippen molar-refractivity contribution in [2.45, 2.75) is 19.3 Å². The molecule has 92 valence electrons. The zero-order chi connectivity index (χ0) is 12.1. The second-order valence-electron chi connectivity index (χ2n) is 4.60. The molecule has 0 amide bonds. The Morgan fingerprint density at radius 2 is 2.41 bits per heavy atom. The van der Waals surface area contributed by atoms with E-state index < -0.39 is 0 Å². The maximum absolute atomic E-state index is 11.1. The second-order valence-corrected chi connectivity index (χ2v) is 4.60. The predicted octanol–water partition coefficient (Wildman–Crippen LogP) is 2.05. The van der Waals surface area contributed by atoms with Crippen LogP contribution >= 0.6 is 0 Å². The zero-order valence-electron chi connectivity index (χ0n) is 10.2. The molecule has 0 spiro atoms. The van der Waals surface area contributed by atoms with Crippen LogP contribution in [0.15, 0.2) is 18.2 Å². The molecule has 17 heavy (non-hydrogen) atoms. The van der Waals surface area contributed by atoms with E-state index in [0.29, 0.717) is 5.92 Å². The van der Waals surface area contributed by atoms with Crippen LogP contribution < -0.4 is 10.1 Å². The Morgan fingerprint density at radius 3 is 3.06 bits per heavy atom. The summed E-state index contributed by atoms with van der Waals surface area (Å²) in [6.07, 6.45) is 4.38. The molecule has 0 radical (unpaired) electrons. The summed E-state index contributed by atoms with van der Waals surface area (Å²) >= 11 is 0. The van der Waals surface area contributed by atoms with Gasteiger partial charge in [-0.15, -0.1) is 0 Å². The topological polar surface area (TPSA) is 38.3 Å². The lowest BCUT2D eigenvalue weighted by atomic mass is 9.90. The summed E-state index contributed by atoms with van der Waals surface area (Å²) in [7, 11) is 1.62. The summed E-state index contributed by atoms with van der Waals surface area (Å²) in [5, 5.41) is 3.40. The minimum atomic E-state index is 0.649. The van der Waals surface area contributed by atoms with Gasteiger partial charge in [0.05, 0.1) is 7.11 Å². The molecular formula is C14H19NO2. The first kappa shape index (κ1) is 12.1. The zero-order valence-corrected chi connectivity index (χ0v) is 10.2. The number of nitrogens with one attached hydrogen (secondary N) is 1. The van der Waals surface area contributed by atoms with Crippen LogP contribution in [0.4, 0.5) is 0 Å². The van der Waals surface area contributed by atoms with Crippen molar-refractivity contribution in [1.29, 1.82) is 0 Å². The van der Waals surface area contributed by atoms with Crippen LogP contribution in [0.3, 0.4) is 0 Å². The first-order valence-electron chi connectivity index (χ1n) is 6.16. The van der Waals surface area contributed by atoms with E-state index in [1.165, 1.54) is 12.8 Å². The van der Waals surface area contributed by atoms with E-state index in [0.717, 1.165) is 42.7 Å². The maximum atomic E-state index is 11.1. The van der Waals surface area contributed by atoms with Gasteiger partial charge >= 0.3 is 0 Å². The summed E-state index contributed by atoms with van der Waals surface area (Å²) in [4.78, 5) is 11.1. The number of carbonyl (C=O) groups is 1. The number of methoxy groups -OCH3 is 1. The smallest absolute Gasteiger partial charge is 0.150 e. The molecule has 3 nitrogen and oxygen atoms in total. The molecule has 1 aliphatic rings. The quantitative estimate of drug-likeness (QED) is 0.809. The SMILES string of the molecule is COc1ccc(CC2CCCNC2)c(C=O)c1. The monoisotopic (exact) mass is 233 g/mol. The summed E-state index contributed by atoms with van der Waals surface area (Å²) in [5.74, 6) is 1.40. The normalized spacial score (nSPS) is 19.9. The number of aldehydes is 1. The van der Waals surface area contributed by atoms with Crippen LogP contribution in [0.25, 0.3) is 0 Å². The van der Waals surface area contributed by atoms with Gasteiger partial charge in [0, 0.05) is 5.56 Å². The van der Waals surface area contributed by atoms with Gasteiger partial charge in [0.25, 0.3) is 0 Å². The fraction of sp³-hybridized carbons (Fsp3) is 0.500. The van der Waals surface area contributed by atoms with Crippen LogP contribution in [0.2, 0.25) is 0 Å². The lowest BCUT2D eigenvalue weighted by Crippen LogP contribution is -2.31. The Kier molecular flexibility index (Phi) is 4.15. The van der Waals surface area contributed by atoms with Crippen molar-refractivity contribution in [3.63, 3.8) is 0 Å². The van der Waals surface area contributed by atoms with Crippen molar-refractivity contribution < 1.29 is 9.53 Å². The standard InChI is InChI=1S/C14H19NO2/c1-17-14-5-4-12(13(8-14)10-16)7-11-3-2-6-15-9-11/h4-5,8,10-11,15H,2-3,6-7,9H2,1H3. The maximum Gasteiger partial charge on any atom is 0.150 e. The van der Waals surface area contributed by atoms with Crippen LogP contribution in [-0.2, 0) is 6.42 Å². The highest BCUT2D eigenvalue weighted by molar-refractivity contribution is 5.78. The molecule has 1 aromatic rings. The van der Waals surface area contributed by atoms with Gasteiger partial charge in [-0.1, -0.05) is 6.07 Å². The molecule has 1 N–H and O–H groups in total. The summed E-state index contributed by atoms with van der Waals surface area (Å²) in [6.45, 7) is 2.18. The highest BCUT2D eigenvalue weighted by atomic mass is 16.5. The third-order valence-electron chi connectivity index (χ3n) is 3.39. The van der Waals surface area contributed by atoms with Crippen molar-refractivity contribution in [3.8, 4) is 5.75 Å². The van der Waals surface area contributed by atoms with Crippen molar-refractivity contribution >= 4 is 6.29 Å². The Bertz CT molecular complexity index is 384. The third kappa shape index (κ3) is 3.07. The van der Waals surface area contributed by atoms with E-state index in [1.807, 2.05) is 18.2 Å². The molecule has 0 aliphatic carbocycles. The Balaban J connectivity index is 2.11. The summed E-state index contributed by atoms with van der Waals surface area (Å²) in [6, 6.07) is 5.76. The minimum Gasteiger partial charge on any atom is -0.497 e. The Hall–Kier alpha value is -1.35. The number of benzene rings is 1. The Morgan fingerprint density at radius 1 is 1.53 bits per heavy atom. The van der Waals surface area contributed by atoms with E-state index in [2.05, 4.69) is 5.32 Å². The van der Waals surface area contributed by atoms with Gasteiger partial charge in [-0.3, -0.25) is 4.79 Å². The number of piperidine rings is 1. The van der Waals surface area contributed by atoms with Gasteiger partial charge in [-0.05, 0) is 56.0 Å². The van der Waals surface area contributed by atoms with Crippen LogP contribution in [0, 0.1) is 5.92 Å². The van der Waals surface area contributed by atoms with Crippen molar-refractivity contribution in [3.05, 3.63) is 29.3 Å². The first-order chi connectivity index (χ1) is 8.33. The molecule has 1 unspecified atom stereocenters. The molecule has 1 saturated heterocycles. The molecule has 0 bridgehead atoms. The minimum absolute atomic E-state index is 0.649. The first-order valence-corrected chi connectivity index (χ1v) is 6.16. The number of ether oxygens (including phenoxy) is 1. The molecule has 1 aromatic carbocycles. The fourth-order valence-electron chi connectivity index (χ4n) is 2.40. The molecule has 0 aromatic heterocycles. The van der Waals surface area contributed by atoms with Gasteiger partial charge in [0.15, 0.2) is 0 Å². The summed E-state index contributed by atoms with van der Waals surface area (Å²) in [5.41, 5.74) is 1.89. The highest BCUT2D eigenvalue weighted by Crippen LogP contribution is 2.22. The lowest BCUT2D eigenvalue weighted by Gasteiger charge is -2.23. The van der Waals surface area contributed by atoms with Crippen LogP contribution in [-0.4, -0.2) is 26.5 Å². The average Bonchev–Trinajstić information content (AvgIpc) is 2.40. The third-order valence-corrected chi connectivity index (χ3v) is 3.39. The van der Waals surface area contributed by atoms with E-state index in [-0.39, 0.29) is 0 Å². The molecule has 2 rings (SSSR count). The highest BCUT2D eigenvalue weighted by Gasteiger charge is 2.15. The molecule has 1 atom stereocenters. The molecule has 1 aliphatic heterocycles. The van der Waals surface area contributed by atoms with Crippen molar-refractivity contribution in [2.24, 2.45) is 5.92 Å². The number of hydrogen-bond donors (Lipinski definition) is 1. The van der Waals surface area contributed by atoms with Gasteiger partial charge in [0.2, 0.25) is 0 Å². The van der Waals surface area contributed by atoms with Gasteiger partial charge in [-0.2, -0.15) is 0 Å². The van der Waals surface area contributed by atoms with Crippen molar-refractivity contribution in [2.75, 3.05) is 20.2 Å².